The van der Waals surface area contributed by atoms with Crippen LogP contribution in [0.1, 0.15) is 42.8 Å². The number of hydrogen-bond donors (Lipinski definition) is 0. The lowest BCUT2D eigenvalue weighted by Gasteiger charge is -2.20. The normalized spacial score (nSPS) is 18.7. The molecule has 0 spiro atoms. The molecule has 1 aromatic carbocycles. The third-order valence-corrected chi connectivity index (χ3v) is 3.82. The molecule has 1 atom stereocenters. The molecule has 18 heavy (non-hydrogen) atoms. The van der Waals surface area contributed by atoms with Gasteiger partial charge in [0, 0.05) is 24.2 Å². The minimum Gasteiger partial charge on any atom is -0.331 e. The molecule has 1 unspecified atom stereocenters. The summed E-state index contributed by atoms with van der Waals surface area (Å²) in [6.45, 7) is 6.58. The average molecular weight is 240 g/mol. The maximum absolute atomic E-state index is 4.82. The first-order valence-electron chi connectivity index (χ1n) is 6.80. The van der Waals surface area contributed by atoms with Crippen molar-refractivity contribution < 1.29 is 0 Å². The van der Waals surface area contributed by atoms with Gasteiger partial charge in [0.25, 0.3) is 0 Å². The van der Waals surface area contributed by atoms with E-state index in [0.29, 0.717) is 6.04 Å². The van der Waals surface area contributed by atoms with Crippen molar-refractivity contribution in [1.29, 1.82) is 0 Å². The second-order valence-corrected chi connectivity index (χ2v) is 5.57. The fourth-order valence-electron chi connectivity index (χ4n) is 2.95. The number of imidazole rings is 1. The van der Waals surface area contributed by atoms with Crippen molar-refractivity contribution in [3.8, 4) is 11.3 Å². The fourth-order valence-corrected chi connectivity index (χ4v) is 2.95. The van der Waals surface area contributed by atoms with Crippen LogP contribution in [0.4, 0.5) is 0 Å². The number of hydrogen-bond acceptors (Lipinski definition) is 1. The maximum atomic E-state index is 4.82. The molecular weight excluding hydrogens is 220 g/mol. The van der Waals surface area contributed by atoms with Gasteiger partial charge >= 0.3 is 0 Å². The summed E-state index contributed by atoms with van der Waals surface area (Å²) in [5.41, 5.74) is 5.00. The number of aromatic nitrogens is 2. The van der Waals surface area contributed by atoms with Crippen LogP contribution in [0.3, 0.4) is 0 Å². The summed E-state index contributed by atoms with van der Waals surface area (Å²) in [6.07, 6.45) is 5.89. The first-order valence-corrected chi connectivity index (χ1v) is 6.80. The molecule has 1 aromatic heterocycles. The van der Waals surface area contributed by atoms with Gasteiger partial charge in [-0.2, -0.15) is 0 Å². The number of fused-ring (bicyclic) bond motifs is 1. The van der Waals surface area contributed by atoms with Gasteiger partial charge in [-0.05, 0) is 45.7 Å². The highest BCUT2D eigenvalue weighted by Crippen LogP contribution is 2.28. The Bertz CT molecular complexity index is 561. The van der Waals surface area contributed by atoms with E-state index in [-0.39, 0.29) is 0 Å². The molecular formula is C16H20N2. The van der Waals surface area contributed by atoms with E-state index in [2.05, 4.69) is 49.7 Å². The van der Waals surface area contributed by atoms with Gasteiger partial charge in [-0.3, -0.25) is 0 Å². The molecule has 1 aliphatic heterocycles. The van der Waals surface area contributed by atoms with Crippen LogP contribution in [0.2, 0.25) is 0 Å². The lowest BCUT2D eigenvalue weighted by atomic mass is 10.1. The second-order valence-electron chi connectivity index (χ2n) is 5.57. The van der Waals surface area contributed by atoms with Crippen molar-refractivity contribution in [1.82, 2.24) is 9.55 Å². The molecule has 0 bridgehead atoms. The summed E-state index contributed by atoms with van der Waals surface area (Å²) < 4.78 is 2.36. The van der Waals surface area contributed by atoms with E-state index < -0.39 is 0 Å². The van der Waals surface area contributed by atoms with E-state index in [4.69, 9.17) is 4.98 Å². The van der Waals surface area contributed by atoms with Crippen molar-refractivity contribution in [2.45, 2.75) is 46.1 Å². The van der Waals surface area contributed by atoms with Crippen LogP contribution in [-0.4, -0.2) is 9.55 Å². The Kier molecular flexibility index (Phi) is 2.73. The molecule has 0 amide bonds. The predicted molar refractivity (Wildman–Crippen MR) is 74.8 cm³/mol. The van der Waals surface area contributed by atoms with Gasteiger partial charge < -0.3 is 4.57 Å². The summed E-state index contributed by atoms with van der Waals surface area (Å²) in [7, 11) is 0. The number of benzene rings is 1. The van der Waals surface area contributed by atoms with Crippen molar-refractivity contribution in [2.75, 3.05) is 0 Å². The summed E-state index contributed by atoms with van der Waals surface area (Å²) >= 11 is 0. The zero-order valence-electron chi connectivity index (χ0n) is 11.4. The molecule has 2 heterocycles. The Morgan fingerprint density at radius 3 is 2.56 bits per heavy atom. The quantitative estimate of drug-likeness (QED) is 0.735. The van der Waals surface area contributed by atoms with Gasteiger partial charge in [0.1, 0.15) is 5.82 Å². The smallest absolute Gasteiger partial charge is 0.109 e. The first-order chi connectivity index (χ1) is 8.63. The number of rotatable bonds is 1. The average Bonchev–Trinajstić information content (AvgIpc) is 2.73. The largest absolute Gasteiger partial charge is 0.331 e. The molecule has 1 aliphatic rings. The van der Waals surface area contributed by atoms with Crippen LogP contribution in [0.25, 0.3) is 11.3 Å². The molecule has 0 saturated heterocycles. The topological polar surface area (TPSA) is 17.8 Å². The molecule has 0 aliphatic carbocycles. The van der Waals surface area contributed by atoms with Gasteiger partial charge in [-0.1, -0.05) is 17.2 Å². The monoisotopic (exact) mass is 240 g/mol. The first kappa shape index (κ1) is 11.5. The summed E-state index contributed by atoms with van der Waals surface area (Å²) in [5, 5.41) is 0. The van der Waals surface area contributed by atoms with Gasteiger partial charge in [0.15, 0.2) is 0 Å². The van der Waals surface area contributed by atoms with Gasteiger partial charge in [0.05, 0.1) is 5.69 Å². The molecule has 3 rings (SSSR count). The van der Waals surface area contributed by atoms with E-state index in [9.17, 15) is 0 Å². The van der Waals surface area contributed by atoms with Gasteiger partial charge in [-0.25, -0.2) is 4.98 Å². The third kappa shape index (κ3) is 1.96. The summed E-state index contributed by atoms with van der Waals surface area (Å²) in [5.74, 6) is 1.25. The van der Waals surface area contributed by atoms with Crippen LogP contribution in [0.15, 0.2) is 24.4 Å². The molecule has 0 N–H and O–H groups in total. The number of aryl methyl sites for hydroxylation is 3. The minimum atomic E-state index is 0.598. The van der Waals surface area contributed by atoms with Crippen LogP contribution in [-0.2, 0) is 6.42 Å². The second kappa shape index (κ2) is 4.27. The SMILES string of the molecule is Cc1cc(C)cc(-c2cn3c(n2)CCCC3C)c1. The van der Waals surface area contributed by atoms with E-state index in [1.807, 2.05) is 0 Å². The highest BCUT2D eigenvalue weighted by atomic mass is 15.1. The third-order valence-electron chi connectivity index (χ3n) is 3.82. The molecule has 94 valence electrons. The zero-order valence-corrected chi connectivity index (χ0v) is 11.4. The fraction of sp³-hybridized carbons (Fsp3) is 0.438. The van der Waals surface area contributed by atoms with E-state index in [0.717, 1.165) is 12.1 Å². The van der Waals surface area contributed by atoms with Crippen molar-refractivity contribution in [2.24, 2.45) is 0 Å². The zero-order chi connectivity index (χ0) is 12.7. The maximum Gasteiger partial charge on any atom is 0.109 e. The Morgan fingerprint density at radius 1 is 1.17 bits per heavy atom. The van der Waals surface area contributed by atoms with Gasteiger partial charge in [-0.15, -0.1) is 0 Å². The highest BCUT2D eigenvalue weighted by molar-refractivity contribution is 5.61. The van der Waals surface area contributed by atoms with E-state index >= 15 is 0 Å². The van der Waals surface area contributed by atoms with Gasteiger partial charge in [0.2, 0.25) is 0 Å². The molecule has 2 heteroatoms. The summed E-state index contributed by atoms with van der Waals surface area (Å²) in [6, 6.07) is 7.26. The number of nitrogens with zero attached hydrogens (tertiary/aromatic N) is 2. The minimum absolute atomic E-state index is 0.598. The molecule has 2 aromatic rings. The lowest BCUT2D eigenvalue weighted by Crippen LogP contribution is -2.14. The summed E-state index contributed by atoms with van der Waals surface area (Å²) in [4.78, 5) is 4.82. The Labute approximate surface area is 109 Å². The van der Waals surface area contributed by atoms with E-state index in [1.54, 1.807) is 0 Å². The van der Waals surface area contributed by atoms with Crippen molar-refractivity contribution in [3.63, 3.8) is 0 Å². The Hall–Kier alpha value is -1.57. The van der Waals surface area contributed by atoms with Crippen molar-refractivity contribution >= 4 is 0 Å². The van der Waals surface area contributed by atoms with Crippen LogP contribution in [0, 0.1) is 13.8 Å². The standard InChI is InChI=1S/C16H20N2/c1-11-7-12(2)9-14(8-11)15-10-18-13(3)5-4-6-16(18)17-15/h7-10,13H,4-6H2,1-3H3. The van der Waals surface area contributed by atoms with Crippen LogP contribution in [0.5, 0.6) is 0 Å². The molecule has 0 fully saturated rings. The predicted octanol–water partition coefficient (Wildman–Crippen LogP) is 4.06. The molecule has 0 saturated carbocycles. The molecule has 0 radical (unpaired) electrons. The van der Waals surface area contributed by atoms with Crippen molar-refractivity contribution in [3.05, 3.63) is 41.3 Å². The van der Waals surface area contributed by atoms with Crippen LogP contribution < -0.4 is 0 Å². The molecule has 2 nitrogen and oxygen atoms in total. The lowest BCUT2D eigenvalue weighted by molar-refractivity contribution is 0.426. The van der Waals surface area contributed by atoms with Crippen LogP contribution >= 0.6 is 0 Å². The Balaban J connectivity index is 2.07. The Morgan fingerprint density at radius 2 is 1.89 bits per heavy atom. The highest BCUT2D eigenvalue weighted by Gasteiger charge is 2.18. The van der Waals surface area contributed by atoms with E-state index in [1.165, 1.54) is 35.4 Å².